The third-order valence-corrected chi connectivity index (χ3v) is 6.31. The Kier molecular flexibility index (Phi) is 5.31. The molecule has 29 heavy (non-hydrogen) atoms. The molecule has 1 atom stereocenters. The summed E-state index contributed by atoms with van der Waals surface area (Å²) >= 11 is 1.47. The molecule has 0 aliphatic heterocycles. The Morgan fingerprint density at radius 1 is 1.34 bits per heavy atom. The molecule has 3 aromatic heterocycles. The number of nitrogens with zero attached hydrogens (tertiary/aromatic N) is 4. The number of aromatic nitrogens is 4. The molecule has 0 saturated heterocycles. The van der Waals surface area contributed by atoms with Crippen molar-refractivity contribution in [3.8, 4) is 0 Å². The second-order valence-corrected chi connectivity index (χ2v) is 8.35. The fraction of sp³-hybridized carbons (Fsp3) is 0.450. The minimum atomic E-state index is -0.370. The van der Waals surface area contributed by atoms with E-state index >= 15 is 0 Å². The van der Waals surface area contributed by atoms with Crippen molar-refractivity contribution in [1.29, 1.82) is 0 Å². The van der Waals surface area contributed by atoms with Gasteiger partial charge in [0, 0.05) is 10.6 Å². The van der Waals surface area contributed by atoms with Gasteiger partial charge in [0.05, 0.1) is 11.7 Å². The topological polar surface area (TPSA) is 98.5 Å². The van der Waals surface area contributed by atoms with Crippen molar-refractivity contribution in [3.63, 3.8) is 0 Å². The van der Waals surface area contributed by atoms with Crippen LogP contribution < -0.4 is 5.32 Å². The maximum absolute atomic E-state index is 13.1. The van der Waals surface area contributed by atoms with E-state index in [0.29, 0.717) is 27.7 Å². The van der Waals surface area contributed by atoms with Crippen molar-refractivity contribution in [2.75, 3.05) is 5.32 Å². The minimum absolute atomic E-state index is 0.178. The number of carbonyl (C=O) groups excluding carboxylic acids is 2. The van der Waals surface area contributed by atoms with Gasteiger partial charge < -0.3 is 10.1 Å². The number of carbonyl (C=O) groups is 2. The van der Waals surface area contributed by atoms with Crippen LogP contribution in [0.25, 0.3) is 5.78 Å². The molecule has 0 saturated carbocycles. The van der Waals surface area contributed by atoms with Gasteiger partial charge in [-0.05, 0) is 57.6 Å². The monoisotopic (exact) mass is 413 g/mol. The highest BCUT2D eigenvalue weighted by Crippen LogP contribution is 2.39. The fourth-order valence-corrected chi connectivity index (χ4v) is 4.73. The Morgan fingerprint density at radius 3 is 2.93 bits per heavy atom. The molecule has 0 spiro atoms. The molecule has 1 aliphatic carbocycles. The van der Waals surface area contributed by atoms with Crippen LogP contribution in [0.2, 0.25) is 0 Å². The van der Waals surface area contributed by atoms with Crippen LogP contribution in [0.1, 0.15) is 70.1 Å². The molecule has 0 radical (unpaired) electrons. The quantitative estimate of drug-likeness (QED) is 0.642. The summed E-state index contributed by atoms with van der Waals surface area (Å²) in [6.45, 7) is 5.64. The zero-order chi connectivity index (χ0) is 20.5. The number of ether oxygens (including phenoxy) is 1. The highest BCUT2D eigenvalue weighted by molar-refractivity contribution is 7.17. The lowest BCUT2D eigenvalue weighted by molar-refractivity contribution is 0.0335. The summed E-state index contributed by atoms with van der Waals surface area (Å²) in [6.07, 6.45) is 5.78. The second kappa shape index (κ2) is 7.90. The highest BCUT2D eigenvalue weighted by atomic mass is 32.1. The van der Waals surface area contributed by atoms with Crippen LogP contribution in [0, 0.1) is 6.92 Å². The van der Waals surface area contributed by atoms with Gasteiger partial charge in [-0.2, -0.15) is 14.6 Å². The van der Waals surface area contributed by atoms with Crippen LogP contribution in [-0.4, -0.2) is 37.6 Å². The van der Waals surface area contributed by atoms with Crippen LogP contribution in [0.15, 0.2) is 12.4 Å². The number of amides is 1. The first kappa shape index (κ1) is 19.5. The summed E-state index contributed by atoms with van der Waals surface area (Å²) in [5.41, 5.74) is 2.50. The van der Waals surface area contributed by atoms with Gasteiger partial charge in [0.15, 0.2) is 0 Å². The van der Waals surface area contributed by atoms with E-state index in [9.17, 15) is 9.59 Å². The number of nitrogens with one attached hydrogen (secondary N) is 1. The molecular weight excluding hydrogens is 390 g/mol. The molecule has 0 fully saturated rings. The van der Waals surface area contributed by atoms with Gasteiger partial charge >= 0.3 is 5.97 Å². The van der Waals surface area contributed by atoms with Gasteiger partial charge in [-0.3, -0.25) is 4.79 Å². The van der Waals surface area contributed by atoms with E-state index < -0.39 is 0 Å². The van der Waals surface area contributed by atoms with Gasteiger partial charge in [0.25, 0.3) is 11.7 Å². The third kappa shape index (κ3) is 3.74. The van der Waals surface area contributed by atoms with E-state index in [4.69, 9.17) is 4.74 Å². The standard InChI is InChI=1S/C20H23N5O3S/c1-4-12(3)28-19(27)16-13-7-5-6-8-15(13)29-18(16)24-17(26)14-9-11(2)23-20-21-10-22-25(14)20/h9-10,12H,4-8H2,1-3H3,(H,24,26). The maximum Gasteiger partial charge on any atom is 0.341 e. The molecular formula is C20H23N5O3S. The number of hydrogen-bond donors (Lipinski definition) is 1. The van der Waals surface area contributed by atoms with E-state index in [0.717, 1.165) is 42.5 Å². The van der Waals surface area contributed by atoms with E-state index in [1.165, 1.54) is 22.2 Å². The Labute approximate surface area is 172 Å². The SMILES string of the molecule is CCC(C)OC(=O)c1c(NC(=O)c2cc(C)nc3ncnn23)sc2c1CCCC2. The molecule has 0 aromatic carbocycles. The minimum Gasteiger partial charge on any atom is -0.459 e. The lowest BCUT2D eigenvalue weighted by Gasteiger charge is -2.15. The maximum atomic E-state index is 13.1. The molecule has 1 aliphatic rings. The Balaban J connectivity index is 1.71. The zero-order valence-corrected chi connectivity index (χ0v) is 17.5. The van der Waals surface area contributed by atoms with Crippen molar-refractivity contribution in [3.05, 3.63) is 39.8 Å². The zero-order valence-electron chi connectivity index (χ0n) is 16.7. The lowest BCUT2D eigenvalue weighted by atomic mass is 9.95. The van der Waals surface area contributed by atoms with Gasteiger partial charge in [-0.15, -0.1) is 11.3 Å². The number of esters is 1. The predicted octanol–water partition coefficient (Wildman–Crippen LogP) is 3.58. The van der Waals surface area contributed by atoms with Gasteiger partial charge in [-0.1, -0.05) is 6.92 Å². The largest absolute Gasteiger partial charge is 0.459 e. The highest BCUT2D eigenvalue weighted by Gasteiger charge is 2.29. The van der Waals surface area contributed by atoms with Gasteiger partial charge in [0.1, 0.15) is 17.0 Å². The molecule has 8 nitrogen and oxygen atoms in total. The van der Waals surface area contributed by atoms with Crippen molar-refractivity contribution in [1.82, 2.24) is 19.6 Å². The normalized spacial score (nSPS) is 14.4. The molecule has 1 N–H and O–H groups in total. The van der Waals surface area contributed by atoms with E-state index in [-0.39, 0.29) is 18.0 Å². The van der Waals surface area contributed by atoms with Crippen molar-refractivity contribution in [2.24, 2.45) is 0 Å². The van der Waals surface area contributed by atoms with Crippen LogP contribution in [0.4, 0.5) is 5.00 Å². The summed E-state index contributed by atoms with van der Waals surface area (Å²) in [5.74, 6) is -0.370. The molecule has 3 heterocycles. The Hall–Kier alpha value is -2.81. The summed E-state index contributed by atoms with van der Waals surface area (Å²) in [7, 11) is 0. The number of anilines is 1. The number of aryl methyl sites for hydroxylation is 2. The second-order valence-electron chi connectivity index (χ2n) is 7.25. The molecule has 0 bridgehead atoms. The summed E-state index contributed by atoms with van der Waals surface area (Å²) < 4.78 is 6.99. The van der Waals surface area contributed by atoms with Crippen LogP contribution in [0.5, 0.6) is 0 Å². The fourth-order valence-electron chi connectivity index (χ4n) is 3.45. The first-order valence-electron chi connectivity index (χ1n) is 9.82. The Morgan fingerprint density at radius 2 is 2.14 bits per heavy atom. The van der Waals surface area contributed by atoms with E-state index in [1.54, 1.807) is 13.0 Å². The molecule has 4 rings (SSSR count). The smallest absolute Gasteiger partial charge is 0.341 e. The molecule has 1 amide bonds. The first-order valence-corrected chi connectivity index (χ1v) is 10.6. The average molecular weight is 414 g/mol. The van der Waals surface area contributed by atoms with Crippen molar-refractivity contribution in [2.45, 2.75) is 59.0 Å². The average Bonchev–Trinajstić information content (AvgIpc) is 3.30. The third-order valence-electron chi connectivity index (χ3n) is 5.10. The number of hydrogen-bond acceptors (Lipinski definition) is 7. The lowest BCUT2D eigenvalue weighted by Crippen LogP contribution is -2.20. The molecule has 3 aromatic rings. The van der Waals surface area contributed by atoms with Crippen LogP contribution in [-0.2, 0) is 17.6 Å². The van der Waals surface area contributed by atoms with Crippen LogP contribution >= 0.6 is 11.3 Å². The summed E-state index contributed by atoms with van der Waals surface area (Å²) in [5, 5.41) is 7.56. The molecule has 9 heteroatoms. The van der Waals surface area contributed by atoms with Crippen LogP contribution in [0.3, 0.4) is 0 Å². The summed E-state index contributed by atoms with van der Waals surface area (Å²) in [6, 6.07) is 1.65. The van der Waals surface area contributed by atoms with E-state index in [1.807, 2.05) is 13.8 Å². The number of thiophene rings is 1. The first-order chi connectivity index (χ1) is 14.0. The predicted molar refractivity (Wildman–Crippen MR) is 110 cm³/mol. The molecule has 1 unspecified atom stereocenters. The van der Waals surface area contributed by atoms with Crippen molar-refractivity contribution < 1.29 is 14.3 Å². The van der Waals surface area contributed by atoms with Gasteiger partial charge in [0.2, 0.25) is 0 Å². The van der Waals surface area contributed by atoms with E-state index in [2.05, 4.69) is 20.4 Å². The van der Waals surface area contributed by atoms with Gasteiger partial charge in [-0.25, -0.2) is 9.78 Å². The molecule has 152 valence electrons. The van der Waals surface area contributed by atoms with Crippen molar-refractivity contribution >= 4 is 34.0 Å². The number of fused-ring (bicyclic) bond motifs is 2. The number of rotatable bonds is 5. The summed E-state index contributed by atoms with van der Waals surface area (Å²) in [4.78, 5) is 35.5. The Bertz CT molecular complexity index is 1090.